The summed E-state index contributed by atoms with van der Waals surface area (Å²) in [5.41, 5.74) is 2.29. The molecule has 1 unspecified atom stereocenters. The second-order valence-electron chi connectivity index (χ2n) is 7.43. The molecule has 1 aliphatic heterocycles. The van der Waals surface area contributed by atoms with Crippen molar-refractivity contribution in [1.29, 1.82) is 0 Å². The van der Waals surface area contributed by atoms with Crippen LogP contribution in [-0.4, -0.2) is 57.0 Å². The zero-order chi connectivity index (χ0) is 20.6. The molecule has 1 fully saturated rings. The number of hydrogen-bond donors (Lipinski definition) is 0. The second-order valence-corrected chi connectivity index (χ2v) is 8.48. The van der Waals surface area contributed by atoms with Gasteiger partial charge in [0.1, 0.15) is 5.75 Å². The predicted octanol–water partition coefficient (Wildman–Crippen LogP) is 4.06. The molecule has 1 atom stereocenters. The molecule has 0 N–H and O–H groups in total. The van der Waals surface area contributed by atoms with Crippen LogP contribution in [0, 0.1) is 0 Å². The van der Waals surface area contributed by atoms with Crippen molar-refractivity contribution in [2.75, 3.05) is 45.0 Å². The molecular weight excluding hydrogens is 384 g/mol. The number of nitrogens with zero attached hydrogens (tertiary/aromatic N) is 2. The van der Waals surface area contributed by atoms with E-state index in [0.29, 0.717) is 18.8 Å². The van der Waals surface area contributed by atoms with Crippen molar-refractivity contribution in [1.82, 2.24) is 4.90 Å². The summed E-state index contributed by atoms with van der Waals surface area (Å²) in [5.74, 6) is 1.37. The summed E-state index contributed by atoms with van der Waals surface area (Å²) in [6, 6.07) is 16.2. The van der Waals surface area contributed by atoms with E-state index >= 15 is 0 Å². The lowest BCUT2D eigenvalue weighted by Crippen LogP contribution is -2.38. The third-order valence-corrected chi connectivity index (χ3v) is 6.05. The fourth-order valence-electron chi connectivity index (χ4n) is 3.32. The maximum absolute atomic E-state index is 13.0. The van der Waals surface area contributed by atoms with Gasteiger partial charge in [-0.2, -0.15) is 0 Å². The molecule has 5 nitrogen and oxygen atoms in total. The quantitative estimate of drug-likeness (QED) is 0.579. The van der Waals surface area contributed by atoms with E-state index in [1.165, 1.54) is 0 Å². The largest absolute Gasteiger partial charge is 0.497 e. The first-order valence-electron chi connectivity index (χ1n) is 9.97. The lowest BCUT2D eigenvalue weighted by atomic mass is 10.1. The molecule has 2 aromatic carbocycles. The molecule has 0 aromatic heterocycles. The van der Waals surface area contributed by atoms with Gasteiger partial charge < -0.3 is 19.3 Å². The van der Waals surface area contributed by atoms with E-state index in [1.807, 2.05) is 43.3 Å². The van der Waals surface area contributed by atoms with Gasteiger partial charge in [0, 0.05) is 44.4 Å². The van der Waals surface area contributed by atoms with Gasteiger partial charge in [-0.25, -0.2) is 0 Å². The number of carbonyl (C=O) groups is 1. The van der Waals surface area contributed by atoms with E-state index in [9.17, 15) is 4.79 Å². The van der Waals surface area contributed by atoms with E-state index in [-0.39, 0.29) is 12.0 Å². The van der Waals surface area contributed by atoms with Gasteiger partial charge >= 0.3 is 0 Å². The molecule has 1 aliphatic rings. The van der Waals surface area contributed by atoms with E-state index in [4.69, 9.17) is 9.47 Å². The summed E-state index contributed by atoms with van der Waals surface area (Å²) in [5, 5.41) is 0. The molecular formula is C23H30N2O3S. The molecule has 29 heavy (non-hydrogen) atoms. The van der Waals surface area contributed by atoms with Crippen molar-refractivity contribution in [2.24, 2.45) is 0 Å². The Labute approximate surface area is 178 Å². The molecule has 3 rings (SSSR count). The third kappa shape index (κ3) is 6.41. The van der Waals surface area contributed by atoms with Crippen molar-refractivity contribution in [3.8, 4) is 5.75 Å². The summed E-state index contributed by atoms with van der Waals surface area (Å²) < 4.78 is 11.0. The number of anilines is 1. The highest BCUT2D eigenvalue weighted by Gasteiger charge is 2.23. The van der Waals surface area contributed by atoms with Crippen LogP contribution in [0.3, 0.4) is 0 Å². The number of thioether (sulfide) groups is 1. The molecule has 156 valence electrons. The Bertz CT molecular complexity index is 772. The Morgan fingerprint density at radius 3 is 2.45 bits per heavy atom. The summed E-state index contributed by atoms with van der Waals surface area (Å²) in [7, 11) is 5.71. The van der Waals surface area contributed by atoms with Crippen LogP contribution in [0.1, 0.15) is 18.4 Å². The van der Waals surface area contributed by atoms with Gasteiger partial charge in [0.15, 0.2) is 0 Å². The van der Waals surface area contributed by atoms with Crippen molar-refractivity contribution >= 4 is 23.4 Å². The molecule has 0 saturated carbocycles. The molecule has 0 radical (unpaired) electrons. The molecule has 0 bridgehead atoms. The van der Waals surface area contributed by atoms with Gasteiger partial charge in [-0.1, -0.05) is 12.1 Å². The van der Waals surface area contributed by atoms with Crippen molar-refractivity contribution in [2.45, 2.75) is 30.4 Å². The molecule has 0 aliphatic carbocycles. The zero-order valence-electron chi connectivity index (χ0n) is 17.5. The van der Waals surface area contributed by atoms with Crippen LogP contribution >= 0.6 is 11.8 Å². The lowest BCUT2D eigenvalue weighted by Gasteiger charge is -2.26. The molecule has 0 spiro atoms. The molecule has 6 heteroatoms. The number of ether oxygens (including phenoxy) is 2. The Balaban J connectivity index is 1.63. The standard InChI is InChI=1S/C23H30N2O3S/c1-24(2)19-8-6-18(7-9-19)15-25(16-21-5-4-14-28-21)23(26)17-29-22-12-10-20(27-3)11-13-22/h6-13,21H,4-5,14-17H2,1-3H3. The average molecular weight is 415 g/mol. The third-order valence-electron chi connectivity index (χ3n) is 5.05. The first-order valence-corrected chi connectivity index (χ1v) is 11.0. The first-order chi connectivity index (χ1) is 14.0. The number of hydrogen-bond acceptors (Lipinski definition) is 5. The van der Waals surface area contributed by atoms with Gasteiger partial charge in [0.2, 0.25) is 5.91 Å². The molecule has 1 amide bonds. The second kappa shape index (κ2) is 10.6. The summed E-state index contributed by atoms with van der Waals surface area (Å²) in [6.07, 6.45) is 2.24. The van der Waals surface area contributed by atoms with E-state index in [0.717, 1.165) is 41.3 Å². The Kier molecular flexibility index (Phi) is 7.83. The smallest absolute Gasteiger partial charge is 0.233 e. The van der Waals surface area contributed by atoms with Crippen LogP contribution in [0.5, 0.6) is 5.75 Å². The highest BCUT2D eigenvalue weighted by atomic mass is 32.2. The number of amides is 1. The van der Waals surface area contributed by atoms with Crippen LogP contribution in [-0.2, 0) is 16.1 Å². The topological polar surface area (TPSA) is 42.0 Å². The van der Waals surface area contributed by atoms with Gasteiger partial charge in [-0.3, -0.25) is 4.79 Å². The van der Waals surface area contributed by atoms with Crippen LogP contribution in [0.25, 0.3) is 0 Å². The van der Waals surface area contributed by atoms with Crippen molar-refractivity contribution < 1.29 is 14.3 Å². The molecule has 1 heterocycles. The van der Waals surface area contributed by atoms with Gasteiger partial charge in [-0.15, -0.1) is 11.8 Å². The van der Waals surface area contributed by atoms with E-state index in [1.54, 1.807) is 18.9 Å². The minimum Gasteiger partial charge on any atom is -0.497 e. The minimum atomic E-state index is 0.137. The van der Waals surface area contributed by atoms with Crippen LogP contribution in [0.2, 0.25) is 0 Å². The summed E-state index contributed by atoms with van der Waals surface area (Å²) in [4.78, 5) is 18.1. The molecule has 1 saturated heterocycles. The fraction of sp³-hybridized carbons (Fsp3) is 0.435. The lowest BCUT2D eigenvalue weighted by molar-refractivity contribution is -0.130. The van der Waals surface area contributed by atoms with Crippen LogP contribution in [0.15, 0.2) is 53.4 Å². The number of carbonyl (C=O) groups excluding carboxylic acids is 1. The maximum atomic E-state index is 13.0. The first kappa shape index (κ1) is 21.5. The maximum Gasteiger partial charge on any atom is 0.233 e. The average Bonchev–Trinajstić information content (AvgIpc) is 3.25. The van der Waals surface area contributed by atoms with Crippen LogP contribution < -0.4 is 9.64 Å². The molecule has 2 aromatic rings. The fourth-order valence-corrected chi connectivity index (χ4v) is 4.12. The Hall–Kier alpha value is -2.18. The summed E-state index contributed by atoms with van der Waals surface area (Å²) >= 11 is 1.56. The van der Waals surface area contributed by atoms with Gasteiger partial charge in [0.05, 0.1) is 19.0 Å². The number of methoxy groups -OCH3 is 1. The summed E-state index contributed by atoms with van der Waals surface area (Å²) in [6.45, 7) is 2.05. The van der Waals surface area contributed by atoms with E-state index < -0.39 is 0 Å². The van der Waals surface area contributed by atoms with E-state index in [2.05, 4.69) is 29.2 Å². The normalized spacial score (nSPS) is 15.9. The zero-order valence-corrected chi connectivity index (χ0v) is 18.3. The Morgan fingerprint density at radius 1 is 1.14 bits per heavy atom. The monoisotopic (exact) mass is 414 g/mol. The highest BCUT2D eigenvalue weighted by Crippen LogP contribution is 2.23. The highest BCUT2D eigenvalue weighted by molar-refractivity contribution is 8.00. The van der Waals surface area contributed by atoms with Crippen molar-refractivity contribution in [3.05, 3.63) is 54.1 Å². The van der Waals surface area contributed by atoms with Crippen LogP contribution in [0.4, 0.5) is 5.69 Å². The number of benzene rings is 2. The van der Waals surface area contributed by atoms with Gasteiger partial charge in [0.25, 0.3) is 0 Å². The van der Waals surface area contributed by atoms with Gasteiger partial charge in [-0.05, 0) is 54.8 Å². The Morgan fingerprint density at radius 2 is 1.86 bits per heavy atom. The predicted molar refractivity (Wildman–Crippen MR) is 119 cm³/mol. The SMILES string of the molecule is COc1ccc(SCC(=O)N(Cc2ccc(N(C)C)cc2)CC2CCCO2)cc1. The number of rotatable bonds is 9. The van der Waals surface area contributed by atoms with Crippen molar-refractivity contribution in [3.63, 3.8) is 0 Å². The minimum absolute atomic E-state index is 0.137.